The molecule has 0 fully saturated rings. The number of nitrogens with one attached hydrogen (secondary N) is 1. The first-order valence-electron chi connectivity index (χ1n) is 9.97. The summed E-state index contributed by atoms with van der Waals surface area (Å²) in [5, 5.41) is 2.52. The standard InChI is InChI=1S/C23H27NO5/c25-17-24-11-13-28-15-14-27-12-5-10-23(26)29-16-22-20-8-3-1-6-18(20)19-7-2-4-9-21(19)22/h1-4,6-9,17,22H,5,10-16H2,(H,24,25). The summed E-state index contributed by atoms with van der Waals surface area (Å²) < 4.78 is 16.3. The van der Waals surface area contributed by atoms with E-state index in [9.17, 15) is 9.59 Å². The molecule has 1 aliphatic rings. The normalized spacial score (nSPS) is 12.3. The fourth-order valence-corrected chi connectivity index (χ4v) is 3.52. The molecule has 2 aromatic carbocycles. The fourth-order valence-electron chi connectivity index (χ4n) is 3.52. The quantitative estimate of drug-likeness (QED) is 0.320. The molecule has 0 atom stereocenters. The highest BCUT2D eigenvalue weighted by Crippen LogP contribution is 2.44. The SMILES string of the molecule is O=CNCCOCCOCCCC(=O)OCC1c2ccccc2-c2ccccc21. The van der Waals surface area contributed by atoms with Crippen molar-refractivity contribution in [2.24, 2.45) is 0 Å². The molecule has 6 nitrogen and oxygen atoms in total. The third-order valence-electron chi connectivity index (χ3n) is 4.89. The van der Waals surface area contributed by atoms with E-state index in [1.807, 2.05) is 24.3 Å². The van der Waals surface area contributed by atoms with Crippen LogP contribution in [0, 0.1) is 0 Å². The molecule has 0 bridgehead atoms. The number of fused-ring (bicyclic) bond motifs is 3. The minimum absolute atomic E-state index is 0.0912. The van der Waals surface area contributed by atoms with E-state index in [-0.39, 0.29) is 11.9 Å². The zero-order valence-corrected chi connectivity index (χ0v) is 16.5. The molecule has 0 spiro atoms. The minimum atomic E-state index is -0.202. The second-order valence-corrected chi connectivity index (χ2v) is 6.81. The highest BCUT2D eigenvalue weighted by atomic mass is 16.5. The number of carbonyl (C=O) groups excluding carboxylic acids is 2. The molecule has 0 heterocycles. The number of benzene rings is 2. The summed E-state index contributed by atoms with van der Waals surface area (Å²) in [7, 11) is 0. The number of esters is 1. The van der Waals surface area contributed by atoms with Crippen LogP contribution >= 0.6 is 0 Å². The predicted octanol–water partition coefficient (Wildman–Crippen LogP) is 2.90. The van der Waals surface area contributed by atoms with Crippen LogP contribution in [0.2, 0.25) is 0 Å². The van der Waals surface area contributed by atoms with Gasteiger partial charge < -0.3 is 19.5 Å². The summed E-state index contributed by atoms with van der Waals surface area (Å²) in [5.41, 5.74) is 4.88. The Bertz CT molecular complexity index is 762. The van der Waals surface area contributed by atoms with E-state index in [0.717, 1.165) is 0 Å². The van der Waals surface area contributed by atoms with Gasteiger partial charge in [0.25, 0.3) is 0 Å². The van der Waals surface area contributed by atoms with Crippen LogP contribution < -0.4 is 5.32 Å². The molecule has 3 rings (SSSR count). The average molecular weight is 397 g/mol. The van der Waals surface area contributed by atoms with Crippen molar-refractivity contribution in [3.8, 4) is 11.1 Å². The first-order chi connectivity index (χ1) is 14.3. The van der Waals surface area contributed by atoms with E-state index in [4.69, 9.17) is 14.2 Å². The van der Waals surface area contributed by atoms with Crippen molar-refractivity contribution in [2.45, 2.75) is 18.8 Å². The molecule has 0 radical (unpaired) electrons. The Hall–Kier alpha value is -2.70. The van der Waals surface area contributed by atoms with Crippen molar-refractivity contribution >= 4 is 12.4 Å². The maximum atomic E-state index is 12.1. The summed E-state index contributed by atoms with van der Waals surface area (Å²) in [4.78, 5) is 22.2. The van der Waals surface area contributed by atoms with E-state index >= 15 is 0 Å². The lowest BCUT2D eigenvalue weighted by molar-refractivity contribution is -0.144. The summed E-state index contributed by atoms with van der Waals surface area (Å²) in [6.45, 7) is 2.72. The highest BCUT2D eigenvalue weighted by molar-refractivity contribution is 5.79. The maximum absolute atomic E-state index is 12.1. The second-order valence-electron chi connectivity index (χ2n) is 6.81. The summed E-state index contributed by atoms with van der Waals surface area (Å²) in [5.74, 6) is -0.111. The average Bonchev–Trinajstić information content (AvgIpc) is 3.07. The number of carbonyl (C=O) groups is 2. The lowest BCUT2D eigenvalue weighted by Gasteiger charge is -2.14. The molecule has 1 N–H and O–H groups in total. The van der Waals surface area contributed by atoms with Gasteiger partial charge in [-0.3, -0.25) is 9.59 Å². The van der Waals surface area contributed by atoms with Gasteiger partial charge in [0, 0.05) is 25.5 Å². The van der Waals surface area contributed by atoms with Crippen molar-refractivity contribution in [2.75, 3.05) is 39.6 Å². The van der Waals surface area contributed by atoms with Gasteiger partial charge in [0.15, 0.2) is 0 Å². The number of ether oxygens (including phenoxy) is 3. The van der Waals surface area contributed by atoms with Crippen LogP contribution in [0.25, 0.3) is 11.1 Å². The van der Waals surface area contributed by atoms with Gasteiger partial charge in [-0.2, -0.15) is 0 Å². The van der Waals surface area contributed by atoms with Gasteiger partial charge in [0.05, 0.1) is 19.8 Å². The monoisotopic (exact) mass is 397 g/mol. The van der Waals surface area contributed by atoms with Crippen LogP contribution in [-0.4, -0.2) is 52.0 Å². The molecule has 0 unspecified atom stereocenters. The Morgan fingerprint density at radius 3 is 2.17 bits per heavy atom. The Morgan fingerprint density at radius 2 is 1.52 bits per heavy atom. The maximum Gasteiger partial charge on any atom is 0.305 e. The second kappa shape index (κ2) is 11.3. The molecule has 154 valence electrons. The van der Waals surface area contributed by atoms with E-state index in [1.54, 1.807) is 0 Å². The Kier molecular flexibility index (Phi) is 8.22. The molecule has 6 heteroatoms. The fraction of sp³-hybridized carbons (Fsp3) is 0.391. The minimum Gasteiger partial charge on any atom is -0.465 e. The first kappa shape index (κ1) is 21.0. The summed E-state index contributed by atoms with van der Waals surface area (Å²) in [6, 6.07) is 16.6. The zero-order valence-electron chi connectivity index (χ0n) is 16.5. The van der Waals surface area contributed by atoms with Crippen LogP contribution in [0.3, 0.4) is 0 Å². The van der Waals surface area contributed by atoms with Crippen molar-refractivity contribution in [3.05, 3.63) is 59.7 Å². The summed E-state index contributed by atoms with van der Waals surface area (Å²) >= 11 is 0. The first-order valence-corrected chi connectivity index (χ1v) is 9.97. The van der Waals surface area contributed by atoms with Crippen molar-refractivity contribution in [3.63, 3.8) is 0 Å². The van der Waals surface area contributed by atoms with E-state index in [1.165, 1.54) is 22.3 Å². The molecule has 0 saturated carbocycles. The number of rotatable bonds is 13. The van der Waals surface area contributed by atoms with Gasteiger partial charge in [-0.25, -0.2) is 0 Å². The van der Waals surface area contributed by atoms with Crippen molar-refractivity contribution in [1.82, 2.24) is 5.32 Å². The number of hydrogen-bond donors (Lipinski definition) is 1. The van der Waals surface area contributed by atoms with Gasteiger partial charge in [0.1, 0.15) is 6.61 Å². The van der Waals surface area contributed by atoms with Crippen LogP contribution in [0.4, 0.5) is 0 Å². The van der Waals surface area contributed by atoms with Gasteiger partial charge >= 0.3 is 5.97 Å². The van der Waals surface area contributed by atoms with Gasteiger partial charge in [-0.1, -0.05) is 48.5 Å². The van der Waals surface area contributed by atoms with Crippen molar-refractivity contribution < 1.29 is 23.8 Å². The molecule has 0 saturated heterocycles. The van der Waals surface area contributed by atoms with E-state index in [2.05, 4.69) is 29.6 Å². The van der Waals surface area contributed by atoms with Gasteiger partial charge in [-0.05, 0) is 28.7 Å². The topological polar surface area (TPSA) is 73.9 Å². The van der Waals surface area contributed by atoms with Crippen molar-refractivity contribution in [1.29, 1.82) is 0 Å². The highest BCUT2D eigenvalue weighted by Gasteiger charge is 2.28. The Labute approximate surface area is 171 Å². The molecule has 2 aromatic rings. The molecular weight excluding hydrogens is 370 g/mol. The molecule has 0 aromatic heterocycles. The molecule has 1 aliphatic carbocycles. The lowest BCUT2D eigenvalue weighted by atomic mass is 9.98. The number of amides is 1. The van der Waals surface area contributed by atoms with Crippen LogP contribution in [0.5, 0.6) is 0 Å². The van der Waals surface area contributed by atoms with Crippen LogP contribution in [0.15, 0.2) is 48.5 Å². The molecule has 1 amide bonds. The lowest BCUT2D eigenvalue weighted by Crippen LogP contribution is -2.18. The van der Waals surface area contributed by atoms with Crippen LogP contribution in [-0.2, 0) is 23.8 Å². The predicted molar refractivity (Wildman–Crippen MR) is 110 cm³/mol. The number of hydrogen-bond acceptors (Lipinski definition) is 5. The van der Waals surface area contributed by atoms with E-state index in [0.29, 0.717) is 58.8 Å². The third kappa shape index (κ3) is 5.89. The zero-order chi connectivity index (χ0) is 20.3. The largest absolute Gasteiger partial charge is 0.465 e. The van der Waals surface area contributed by atoms with Gasteiger partial charge in [-0.15, -0.1) is 0 Å². The van der Waals surface area contributed by atoms with Gasteiger partial charge in [0.2, 0.25) is 6.41 Å². The Balaban J connectivity index is 1.34. The molecule has 29 heavy (non-hydrogen) atoms. The Morgan fingerprint density at radius 1 is 0.897 bits per heavy atom. The molecular formula is C23H27NO5. The van der Waals surface area contributed by atoms with E-state index < -0.39 is 0 Å². The summed E-state index contributed by atoms with van der Waals surface area (Å²) in [6.07, 6.45) is 1.59. The smallest absolute Gasteiger partial charge is 0.305 e. The third-order valence-corrected chi connectivity index (χ3v) is 4.89. The van der Waals surface area contributed by atoms with Crippen LogP contribution in [0.1, 0.15) is 29.9 Å². The molecule has 0 aliphatic heterocycles.